The fourth-order valence-corrected chi connectivity index (χ4v) is 2.18. The van der Waals surface area contributed by atoms with Gasteiger partial charge in [-0.1, -0.05) is 0 Å². The van der Waals surface area contributed by atoms with E-state index in [2.05, 4.69) is 9.69 Å². The summed E-state index contributed by atoms with van der Waals surface area (Å²) in [5.74, 6) is -0.944. The number of anilines is 1. The number of hydrogen-bond donors (Lipinski definition) is 2. The van der Waals surface area contributed by atoms with Gasteiger partial charge in [0.05, 0.1) is 18.9 Å². The molecule has 0 aromatic carbocycles. The molecule has 0 unspecified atom stereocenters. The van der Waals surface area contributed by atoms with Crippen LogP contribution in [0.2, 0.25) is 0 Å². The van der Waals surface area contributed by atoms with Gasteiger partial charge in [0.25, 0.3) is 0 Å². The number of carboxylic acids is 1. The monoisotopic (exact) mass is 274 g/mol. The molecular weight excluding hydrogens is 256 g/mol. The Kier molecular flexibility index (Phi) is 6.63. The van der Waals surface area contributed by atoms with Crippen LogP contribution >= 0.6 is 11.5 Å². The van der Waals surface area contributed by atoms with Crippen molar-refractivity contribution < 1.29 is 19.4 Å². The van der Waals surface area contributed by atoms with E-state index in [0.717, 1.165) is 6.42 Å². The Morgan fingerprint density at radius 1 is 1.44 bits per heavy atom. The molecule has 0 aliphatic rings. The standard InChI is InChI=1S/C11H18N2O4S/c1-8-9(11(14)15)10(18-13-8)12-4-3-5-17-7-6-16-2/h12H,3-7H2,1-2H3,(H,14,15). The van der Waals surface area contributed by atoms with Gasteiger partial charge >= 0.3 is 5.97 Å². The summed E-state index contributed by atoms with van der Waals surface area (Å²) in [6.45, 7) is 4.14. The number of rotatable bonds is 9. The lowest BCUT2D eigenvalue weighted by molar-refractivity contribution is 0.0697. The quantitative estimate of drug-likeness (QED) is 0.666. The zero-order chi connectivity index (χ0) is 13.4. The number of nitrogens with zero attached hydrogens (tertiary/aromatic N) is 1. The van der Waals surface area contributed by atoms with Crippen molar-refractivity contribution in [3.8, 4) is 0 Å². The molecule has 6 nitrogen and oxygen atoms in total. The van der Waals surface area contributed by atoms with Gasteiger partial charge in [-0.05, 0) is 24.9 Å². The fourth-order valence-electron chi connectivity index (χ4n) is 1.36. The molecule has 0 aliphatic carbocycles. The van der Waals surface area contributed by atoms with Gasteiger partial charge in [-0.3, -0.25) is 0 Å². The maximum absolute atomic E-state index is 11.0. The van der Waals surface area contributed by atoms with Gasteiger partial charge in [0.15, 0.2) is 0 Å². The minimum atomic E-state index is -0.944. The first-order chi connectivity index (χ1) is 8.66. The van der Waals surface area contributed by atoms with E-state index in [1.807, 2.05) is 0 Å². The van der Waals surface area contributed by atoms with Gasteiger partial charge in [0.2, 0.25) is 0 Å². The van der Waals surface area contributed by atoms with Gasteiger partial charge in [-0.15, -0.1) is 0 Å². The normalized spacial score (nSPS) is 10.6. The second-order valence-electron chi connectivity index (χ2n) is 3.66. The number of ether oxygens (including phenoxy) is 2. The van der Waals surface area contributed by atoms with Crippen molar-refractivity contribution in [3.63, 3.8) is 0 Å². The summed E-state index contributed by atoms with van der Waals surface area (Å²) in [6, 6.07) is 0. The zero-order valence-corrected chi connectivity index (χ0v) is 11.4. The Morgan fingerprint density at radius 2 is 2.22 bits per heavy atom. The first-order valence-corrected chi connectivity index (χ1v) is 6.44. The van der Waals surface area contributed by atoms with Crippen LogP contribution in [0.5, 0.6) is 0 Å². The number of hydrogen-bond acceptors (Lipinski definition) is 6. The zero-order valence-electron chi connectivity index (χ0n) is 10.6. The van der Waals surface area contributed by atoms with Gasteiger partial charge in [0, 0.05) is 20.3 Å². The largest absolute Gasteiger partial charge is 0.478 e. The molecule has 1 heterocycles. The maximum atomic E-state index is 11.0. The van der Waals surface area contributed by atoms with Crippen LogP contribution in [0, 0.1) is 6.92 Å². The van der Waals surface area contributed by atoms with Crippen molar-refractivity contribution >= 4 is 22.5 Å². The average molecular weight is 274 g/mol. The van der Waals surface area contributed by atoms with Crippen molar-refractivity contribution in [2.45, 2.75) is 13.3 Å². The molecule has 0 radical (unpaired) electrons. The highest BCUT2D eigenvalue weighted by Gasteiger charge is 2.16. The number of methoxy groups -OCH3 is 1. The lowest BCUT2D eigenvalue weighted by Gasteiger charge is -2.05. The van der Waals surface area contributed by atoms with E-state index in [1.54, 1.807) is 14.0 Å². The minimum absolute atomic E-state index is 0.264. The number of carboxylic acid groups (broad SMARTS) is 1. The van der Waals surface area contributed by atoms with Crippen LogP contribution in [-0.2, 0) is 9.47 Å². The maximum Gasteiger partial charge on any atom is 0.340 e. The SMILES string of the molecule is COCCOCCCNc1snc(C)c1C(=O)O. The number of aryl methyl sites for hydroxylation is 1. The van der Waals surface area contributed by atoms with Gasteiger partial charge in [-0.2, -0.15) is 4.37 Å². The molecule has 0 fully saturated rings. The van der Waals surface area contributed by atoms with Crippen LogP contribution in [0.25, 0.3) is 0 Å². The summed E-state index contributed by atoms with van der Waals surface area (Å²) in [6.07, 6.45) is 0.805. The topological polar surface area (TPSA) is 80.7 Å². The van der Waals surface area contributed by atoms with Crippen LogP contribution in [0.1, 0.15) is 22.5 Å². The average Bonchev–Trinajstić information content (AvgIpc) is 2.69. The number of carbonyl (C=O) groups is 1. The second kappa shape index (κ2) is 8.02. The number of aromatic nitrogens is 1. The Hall–Kier alpha value is -1.18. The van der Waals surface area contributed by atoms with Crippen LogP contribution < -0.4 is 5.32 Å². The Labute approximate surface area is 110 Å². The second-order valence-corrected chi connectivity index (χ2v) is 4.44. The van der Waals surface area contributed by atoms with Crippen LogP contribution in [0.15, 0.2) is 0 Å². The van der Waals surface area contributed by atoms with E-state index >= 15 is 0 Å². The smallest absolute Gasteiger partial charge is 0.340 e. The summed E-state index contributed by atoms with van der Waals surface area (Å²) >= 11 is 1.17. The van der Waals surface area contributed by atoms with E-state index in [0.29, 0.717) is 37.1 Å². The third kappa shape index (κ3) is 4.59. The molecule has 7 heteroatoms. The molecule has 0 atom stereocenters. The van der Waals surface area contributed by atoms with Crippen LogP contribution in [0.3, 0.4) is 0 Å². The first kappa shape index (κ1) is 14.9. The summed E-state index contributed by atoms with van der Waals surface area (Å²) in [5, 5.41) is 12.7. The summed E-state index contributed by atoms with van der Waals surface area (Å²) < 4.78 is 14.2. The highest BCUT2D eigenvalue weighted by molar-refractivity contribution is 7.10. The third-order valence-electron chi connectivity index (χ3n) is 2.26. The Morgan fingerprint density at radius 3 is 2.89 bits per heavy atom. The molecule has 0 spiro atoms. The Bertz CT molecular complexity index is 381. The molecule has 0 saturated carbocycles. The molecule has 102 valence electrons. The first-order valence-electron chi connectivity index (χ1n) is 5.67. The predicted molar refractivity (Wildman–Crippen MR) is 69.6 cm³/mol. The van der Waals surface area contributed by atoms with E-state index in [4.69, 9.17) is 14.6 Å². The molecule has 0 aliphatic heterocycles. The van der Waals surface area contributed by atoms with Crippen molar-refractivity contribution in [1.29, 1.82) is 0 Å². The molecule has 1 aromatic heterocycles. The van der Waals surface area contributed by atoms with Crippen molar-refractivity contribution in [3.05, 3.63) is 11.3 Å². The van der Waals surface area contributed by atoms with E-state index in [9.17, 15) is 4.79 Å². The van der Waals surface area contributed by atoms with Crippen LogP contribution in [-0.4, -0.2) is 48.9 Å². The lowest BCUT2D eigenvalue weighted by atomic mass is 10.2. The summed E-state index contributed by atoms with van der Waals surface area (Å²) in [5.41, 5.74) is 0.812. The molecule has 1 rings (SSSR count). The van der Waals surface area contributed by atoms with E-state index in [1.165, 1.54) is 11.5 Å². The van der Waals surface area contributed by atoms with Crippen molar-refractivity contribution in [2.24, 2.45) is 0 Å². The predicted octanol–water partition coefficient (Wildman–Crippen LogP) is 1.61. The summed E-state index contributed by atoms with van der Waals surface area (Å²) in [4.78, 5) is 11.0. The third-order valence-corrected chi connectivity index (χ3v) is 3.16. The van der Waals surface area contributed by atoms with Gasteiger partial charge in [0.1, 0.15) is 10.6 Å². The highest BCUT2D eigenvalue weighted by Crippen LogP contribution is 2.24. The molecule has 2 N–H and O–H groups in total. The van der Waals surface area contributed by atoms with Crippen LogP contribution in [0.4, 0.5) is 5.00 Å². The molecule has 0 amide bonds. The molecular formula is C11H18N2O4S. The van der Waals surface area contributed by atoms with E-state index < -0.39 is 5.97 Å². The van der Waals surface area contributed by atoms with Gasteiger partial charge < -0.3 is 19.9 Å². The molecule has 0 saturated heterocycles. The van der Waals surface area contributed by atoms with Crippen molar-refractivity contribution in [1.82, 2.24) is 4.37 Å². The number of nitrogens with one attached hydrogen (secondary N) is 1. The minimum Gasteiger partial charge on any atom is -0.478 e. The lowest BCUT2D eigenvalue weighted by Crippen LogP contribution is -2.09. The van der Waals surface area contributed by atoms with Gasteiger partial charge in [-0.25, -0.2) is 4.79 Å². The number of aromatic carboxylic acids is 1. The van der Waals surface area contributed by atoms with E-state index in [-0.39, 0.29) is 5.56 Å². The molecule has 0 bridgehead atoms. The molecule has 1 aromatic rings. The fraction of sp³-hybridized carbons (Fsp3) is 0.636. The molecule has 18 heavy (non-hydrogen) atoms. The van der Waals surface area contributed by atoms with Crippen molar-refractivity contribution in [2.75, 3.05) is 38.8 Å². The summed E-state index contributed by atoms with van der Waals surface area (Å²) in [7, 11) is 1.63. The highest BCUT2D eigenvalue weighted by atomic mass is 32.1. The Balaban J connectivity index is 2.25.